The summed E-state index contributed by atoms with van der Waals surface area (Å²) in [6.45, 7) is 8.18. The molecule has 7 heteroatoms. The Bertz CT molecular complexity index is 3600. The predicted octanol–water partition coefficient (Wildman–Crippen LogP) is 20.3. The number of nitrogens with one attached hydrogen (secondary N) is 4. The summed E-state index contributed by atoms with van der Waals surface area (Å²) in [4.78, 5) is 0. The number of aryl methyl sites for hydroxylation is 1. The van der Waals surface area contributed by atoms with Gasteiger partial charge in [0, 0.05) is 53.4 Å². The van der Waals surface area contributed by atoms with Crippen molar-refractivity contribution in [3.05, 3.63) is 197 Å². The van der Waals surface area contributed by atoms with Gasteiger partial charge in [-0.25, -0.2) is 0 Å². The molecule has 0 saturated heterocycles. The maximum atomic E-state index is 5.97. The Morgan fingerprint density at radius 2 is 0.760 bits per heavy atom. The van der Waals surface area contributed by atoms with Gasteiger partial charge < -0.3 is 35.5 Å². The number of benzene rings is 7. The third kappa shape index (κ3) is 14.4. The highest BCUT2D eigenvalue weighted by Crippen LogP contribution is 2.59. The van der Waals surface area contributed by atoms with E-state index < -0.39 is 0 Å². The van der Waals surface area contributed by atoms with Gasteiger partial charge in [0.05, 0.1) is 14.2 Å². The van der Waals surface area contributed by atoms with Crippen molar-refractivity contribution in [1.82, 2.24) is 21.3 Å². The van der Waals surface area contributed by atoms with Crippen molar-refractivity contribution in [2.75, 3.05) is 14.2 Å². The molecular formula is C89H112N4O3. The summed E-state index contributed by atoms with van der Waals surface area (Å²) in [6, 6.07) is 58.8. The zero-order valence-electron chi connectivity index (χ0n) is 58.6. The molecule has 16 aliphatic carbocycles. The third-order valence-corrected chi connectivity index (χ3v) is 27.2. The van der Waals surface area contributed by atoms with Crippen molar-refractivity contribution in [3.8, 4) is 28.4 Å². The van der Waals surface area contributed by atoms with Gasteiger partial charge in [-0.3, -0.25) is 0 Å². The molecule has 16 bridgehead atoms. The lowest BCUT2D eigenvalue weighted by atomic mass is 9.53. The van der Waals surface area contributed by atoms with Crippen LogP contribution in [0.5, 0.6) is 17.2 Å². The van der Waals surface area contributed by atoms with Crippen molar-refractivity contribution in [2.24, 2.45) is 71.0 Å². The van der Waals surface area contributed by atoms with E-state index in [1.54, 1.807) is 14.2 Å². The van der Waals surface area contributed by atoms with E-state index in [9.17, 15) is 0 Å². The van der Waals surface area contributed by atoms with Gasteiger partial charge in [-0.15, -0.1) is 0 Å². The normalized spacial score (nSPS) is 34.1. The van der Waals surface area contributed by atoms with Crippen molar-refractivity contribution < 1.29 is 14.2 Å². The molecule has 16 saturated carbocycles. The molecule has 16 fully saturated rings. The lowest BCUT2D eigenvalue weighted by Gasteiger charge is -2.57. The van der Waals surface area contributed by atoms with Gasteiger partial charge in [-0.1, -0.05) is 133 Å². The Hall–Kier alpha value is -5.96. The number of hydrogen-bond donors (Lipinski definition) is 4. The molecule has 7 aromatic rings. The number of fused-ring (bicyclic) bond motifs is 1. The summed E-state index contributed by atoms with van der Waals surface area (Å²) in [5.74, 6) is 14.8. The predicted molar refractivity (Wildman–Crippen MR) is 393 cm³/mol. The van der Waals surface area contributed by atoms with Crippen LogP contribution in [0, 0.1) is 77.9 Å². The Balaban J connectivity index is 0.000000101. The average Bonchev–Trinajstić information content (AvgIpc) is 0.769. The summed E-state index contributed by atoms with van der Waals surface area (Å²) in [5.41, 5.74) is 12.6. The maximum Gasteiger partial charge on any atom is 0.125 e. The van der Waals surface area contributed by atoms with Gasteiger partial charge in [0.25, 0.3) is 0 Å². The summed E-state index contributed by atoms with van der Waals surface area (Å²) < 4.78 is 16.6. The van der Waals surface area contributed by atoms with Gasteiger partial charge >= 0.3 is 0 Å². The molecule has 1 unspecified atom stereocenters. The van der Waals surface area contributed by atoms with Crippen LogP contribution in [0.2, 0.25) is 0 Å². The second kappa shape index (κ2) is 27.6. The first kappa shape index (κ1) is 64.7. The van der Waals surface area contributed by atoms with Gasteiger partial charge in [0.2, 0.25) is 0 Å². The SMILES string of the molecule is COc1ccc(C(C)NC23CC4CC(CC(C4)C2)C3)cc1.COc1ccccc1COc1ccc(CNC23CC4CC(CC(C4)C2)C3)cc1.Cc1c(CNC23CC4CC(CC(C4)C2)C3)ccc2ccccc12.c1ccc(-c2ccc(CNC34CC5CC(CC(C5)C3)C4)cc2)cc1. The lowest BCUT2D eigenvalue weighted by molar-refractivity contribution is -0.0245. The molecule has 0 amide bonds. The van der Waals surface area contributed by atoms with Crippen LogP contribution in [0.25, 0.3) is 21.9 Å². The molecule has 0 aliphatic heterocycles. The molecule has 1 atom stereocenters. The van der Waals surface area contributed by atoms with Crippen molar-refractivity contribution in [3.63, 3.8) is 0 Å². The van der Waals surface area contributed by atoms with E-state index in [1.807, 2.05) is 24.3 Å². The van der Waals surface area contributed by atoms with E-state index in [2.05, 4.69) is 175 Å². The molecule has 7 aromatic carbocycles. The molecule has 4 N–H and O–H groups in total. The van der Waals surface area contributed by atoms with Crippen LogP contribution in [0.15, 0.2) is 164 Å². The molecule has 0 aromatic heterocycles. The van der Waals surface area contributed by atoms with Crippen molar-refractivity contribution in [1.29, 1.82) is 0 Å². The van der Waals surface area contributed by atoms with E-state index >= 15 is 0 Å². The minimum Gasteiger partial charge on any atom is -0.497 e. The Kier molecular flexibility index (Phi) is 18.6. The first-order valence-corrected chi connectivity index (χ1v) is 38.5. The Morgan fingerprint density at radius 3 is 1.23 bits per heavy atom. The van der Waals surface area contributed by atoms with Crippen LogP contribution in [0.1, 0.15) is 200 Å². The van der Waals surface area contributed by atoms with Crippen LogP contribution < -0.4 is 35.5 Å². The number of para-hydroxylation sites is 1. The smallest absolute Gasteiger partial charge is 0.125 e. The van der Waals surface area contributed by atoms with Crippen LogP contribution in [-0.2, 0) is 26.2 Å². The van der Waals surface area contributed by atoms with Crippen LogP contribution >= 0.6 is 0 Å². The molecule has 16 aliphatic rings. The van der Waals surface area contributed by atoms with Gasteiger partial charge in [-0.2, -0.15) is 0 Å². The first-order valence-electron chi connectivity index (χ1n) is 38.5. The fourth-order valence-electron chi connectivity index (χ4n) is 24.4. The molecule has 0 heterocycles. The fraction of sp³-hybridized carbons (Fsp3) is 0.551. The maximum absolute atomic E-state index is 5.97. The van der Waals surface area contributed by atoms with Gasteiger partial charge in [-0.05, 0) is 319 Å². The quantitative estimate of drug-likeness (QED) is 0.0682. The van der Waals surface area contributed by atoms with Crippen molar-refractivity contribution in [2.45, 2.75) is 222 Å². The number of methoxy groups -OCH3 is 2. The van der Waals surface area contributed by atoms with E-state index in [4.69, 9.17) is 14.2 Å². The van der Waals surface area contributed by atoms with E-state index in [-0.39, 0.29) is 0 Å². The number of rotatable bonds is 18. The highest BCUT2D eigenvalue weighted by Gasteiger charge is 2.54. The molecule has 23 rings (SSSR count). The summed E-state index contributed by atoms with van der Waals surface area (Å²) in [6.07, 6.45) is 35.2. The Morgan fingerprint density at radius 1 is 0.365 bits per heavy atom. The third-order valence-electron chi connectivity index (χ3n) is 27.2. The van der Waals surface area contributed by atoms with E-state index in [1.165, 1.54) is 204 Å². The largest absolute Gasteiger partial charge is 0.497 e. The molecule has 0 radical (unpaired) electrons. The fourth-order valence-corrected chi connectivity index (χ4v) is 24.4. The molecule has 96 heavy (non-hydrogen) atoms. The summed E-state index contributed by atoms with van der Waals surface area (Å²) >= 11 is 0. The Labute approximate surface area is 576 Å². The van der Waals surface area contributed by atoms with E-state index in [0.717, 1.165) is 113 Å². The highest BCUT2D eigenvalue weighted by atomic mass is 16.5. The van der Waals surface area contributed by atoms with Gasteiger partial charge in [0.1, 0.15) is 23.9 Å². The summed E-state index contributed by atoms with van der Waals surface area (Å²) in [7, 11) is 3.43. The standard InChI is InChI=1S/C25H31NO2.C23H27N.C22H27N.C19H27NO/c1-27-24-5-3-2-4-22(24)17-28-23-8-6-18(7-9-23)16-26-25-13-19-10-20(14-25)12-21(11-19)15-25;1-2-4-21(5-3-1)22-8-6-17(7-9-22)16-24-23-13-18-10-19(14-23)12-20(11-18)15-23;1-15-20(7-6-19-4-2-3-5-21(15)19)14-23-22-11-16-8-17(12-22)10-18(9-16)13-22;1-13(17-3-5-18(21-2)6-4-17)20-19-10-14-7-15(11-19)9-16(8-14)12-19/h2-9,19-21,26H,10-17H2,1H3;1-9,18-20,24H,10-16H2;2-7,16-18,23H,8-14H2,1H3;3-6,13-16,20H,7-12H2,1-2H3. The molecule has 7 nitrogen and oxygen atoms in total. The monoisotopic (exact) mass is 1280 g/mol. The van der Waals surface area contributed by atoms with Gasteiger partial charge in [0.15, 0.2) is 0 Å². The number of ether oxygens (including phenoxy) is 3. The second-order valence-corrected chi connectivity index (χ2v) is 34.4. The van der Waals surface area contributed by atoms with Crippen LogP contribution in [-0.4, -0.2) is 36.4 Å². The lowest BCUT2D eigenvalue weighted by Crippen LogP contribution is -2.58. The van der Waals surface area contributed by atoms with E-state index in [0.29, 0.717) is 34.8 Å². The van der Waals surface area contributed by atoms with Crippen LogP contribution in [0.4, 0.5) is 0 Å². The second-order valence-electron chi connectivity index (χ2n) is 34.4. The summed E-state index contributed by atoms with van der Waals surface area (Å²) in [5, 5.41) is 18.8. The minimum absolute atomic E-state index is 0.424. The topological polar surface area (TPSA) is 75.8 Å². The first-order chi connectivity index (χ1) is 46.9. The molecule has 0 spiro atoms. The molecular weight excluding hydrogens is 1170 g/mol. The minimum atomic E-state index is 0.424. The zero-order valence-corrected chi connectivity index (χ0v) is 58.6. The van der Waals surface area contributed by atoms with Crippen LogP contribution in [0.3, 0.4) is 0 Å². The molecule has 506 valence electrons. The zero-order chi connectivity index (χ0) is 64.9. The highest BCUT2D eigenvalue weighted by molar-refractivity contribution is 5.86. The van der Waals surface area contributed by atoms with Crippen molar-refractivity contribution >= 4 is 10.8 Å². The average molecular weight is 1290 g/mol. The number of hydrogen-bond acceptors (Lipinski definition) is 7.